The van der Waals surface area contributed by atoms with Crippen molar-refractivity contribution in [1.29, 1.82) is 0 Å². The first kappa shape index (κ1) is 18.6. The molecule has 0 bridgehead atoms. The maximum atomic E-state index is 12.5. The normalized spacial score (nSPS) is 18.8. The summed E-state index contributed by atoms with van der Waals surface area (Å²) in [6.45, 7) is 3.51. The van der Waals surface area contributed by atoms with Crippen molar-refractivity contribution >= 4 is 49.1 Å². The summed E-state index contributed by atoms with van der Waals surface area (Å²) in [5, 5.41) is 2.76. The molecule has 2 amide bonds. The van der Waals surface area contributed by atoms with Gasteiger partial charge in [-0.2, -0.15) is 0 Å². The number of carbonyl (C=O) groups is 2. The van der Waals surface area contributed by atoms with Crippen LogP contribution in [0.4, 0.5) is 11.4 Å². The molecule has 1 saturated heterocycles. The van der Waals surface area contributed by atoms with Gasteiger partial charge in [0.05, 0.1) is 17.4 Å². The Labute approximate surface area is 160 Å². The van der Waals surface area contributed by atoms with Gasteiger partial charge in [0.2, 0.25) is 15.9 Å². The fourth-order valence-corrected chi connectivity index (χ4v) is 4.93. The SMILES string of the molecule is Cc1ccc(NC(=O)c2cccc(N3C(=O)C(C)CS3(=O)=O)c2)cc1Br. The first-order valence-electron chi connectivity index (χ1n) is 7.93. The lowest BCUT2D eigenvalue weighted by atomic mass is 10.1. The topological polar surface area (TPSA) is 83.6 Å². The number of carbonyl (C=O) groups excluding carboxylic acids is 2. The Bertz CT molecular complexity index is 1000. The minimum absolute atomic E-state index is 0.178. The van der Waals surface area contributed by atoms with Gasteiger partial charge in [-0.1, -0.05) is 35.0 Å². The van der Waals surface area contributed by atoms with Gasteiger partial charge in [-0.25, -0.2) is 12.7 Å². The van der Waals surface area contributed by atoms with E-state index in [-0.39, 0.29) is 22.9 Å². The molecule has 26 heavy (non-hydrogen) atoms. The first-order chi connectivity index (χ1) is 12.2. The number of nitrogens with one attached hydrogen (secondary N) is 1. The Morgan fingerprint density at radius 3 is 2.58 bits per heavy atom. The number of sulfonamides is 1. The van der Waals surface area contributed by atoms with Gasteiger partial charge in [0.15, 0.2) is 0 Å². The quantitative estimate of drug-likeness (QED) is 0.799. The van der Waals surface area contributed by atoms with Crippen molar-refractivity contribution < 1.29 is 18.0 Å². The summed E-state index contributed by atoms with van der Waals surface area (Å²) >= 11 is 3.41. The van der Waals surface area contributed by atoms with Crippen LogP contribution in [0.1, 0.15) is 22.8 Å². The number of hydrogen-bond donors (Lipinski definition) is 1. The molecule has 1 aliphatic heterocycles. The lowest BCUT2D eigenvalue weighted by Gasteiger charge is -2.16. The molecule has 0 aromatic heterocycles. The van der Waals surface area contributed by atoms with Crippen molar-refractivity contribution in [3.8, 4) is 0 Å². The van der Waals surface area contributed by atoms with Crippen LogP contribution in [0.25, 0.3) is 0 Å². The molecule has 2 aromatic carbocycles. The number of halogens is 1. The highest BCUT2D eigenvalue weighted by atomic mass is 79.9. The van der Waals surface area contributed by atoms with Crippen LogP contribution in [0.15, 0.2) is 46.9 Å². The molecule has 1 aliphatic rings. The molecule has 1 fully saturated rings. The van der Waals surface area contributed by atoms with Crippen LogP contribution in [0.2, 0.25) is 0 Å². The molecule has 1 unspecified atom stereocenters. The minimum Gasteiger partial charge on any atom is -0.322 e. The molecule has 3 rings (SSSR count). The van der Waals surface area contributed by atoms with E-state index in [1.54, 1.807) is 31.2 Å². The third kappa shape index (κ3) is 3.52. The molecule has 0 spiro atoms. The van der Waals surface area contributed by atoms with E-state index in [0.29, 0.717) is 5.69 Å². The van der Waals surface area contributed by atoms with Crippen LogP contribution < -0.4 is 9.62 Å². The third-order valence-electron chi connectivity index (χ3n) is 4.13. The highest BCUT2D eigenvalue weighted by Crippen LogP contribution is 2.29. The molecule has 0 aliphatic carbocycles. The summed E-state index contributed by atoms with van der Waals surface area (Å²) in [6, 6.07) is 11.5. The van der Waals surface area contributed by atoms with Crippen LogP contribution in [-0.2, 0) is 14.8 Å². The summed E-state index contributed by atoms with van der Waals surface area (Å²) in [5.74, 6) is -1.69. The summed E-state index contributed by atoms with van der Waals surface area (Å²) < 4.78 is 26.1. The molecule has 1 N–H and O–H groups in total. The highest BCUT2D eigenvalue weighted by molar-refractivity contribution is 9.10. The first-order valence-corrected chi connectivity index (χ1v) is 10.3. The molecule has 1 atom stereocenters. The van der Waals surface area contributed by atoms with Crippen LogP contribution >= 0.6 is 15.9 Å². The monoisotopic (exact) mass is 436 g/mol. The average Bonchev–Trinajstić information content (AvgIpc) is 2.78. The highest BCUT2D eigenvalue weighted by Gasteiger charge is 2.42. The smallest absolute Gasteiger partial charge is 0.255 e. The number of anilines is 2. The molecule has 0 saturated carbocycles. The van der Waals surface area contributed by atoms with Gasteiger partial charge in [0.1, 0.15) is 0 Å². The summed E-state index contributed by atoms with van der Waals surface area (Å²) in [4.78, 5) is 24.7. The summed E-state index contributed by atoms with van der Waals surface area (Å²) in [5.41, 5.74) is 2.09. The van der Waals surface area contributed by atoms with Gasteiger partial charge in [-0.05, 0) is 42.8 Å². The molecular weight excluding hydrogens is 420 g/mol. The van der Waals surface area contributed by atoms with E-state index in [4.69, 9.17) is 0 Å². The van der Waals surface area contributed by atoms with Crippen LogP contribution in [0, 0.1) is 12.8 Å². The Balaban J connectivity index is 1.88. The fraction of sp³-hybridized carbons (Fsp3) is 0.222. The molecule has 136 valence electrons. The van der Waals surface area contributed by atoms with E-state index in [2.05, 4.69) is 21.2 Å². The van der Waals surface area contributed by atoms with Crippen molar-refractivity contribution in [2.24, 2.45) is 5.92 Å². The van der Waals surface area contributed by atoms with Crippen molar-refractivity contribution in [3.63, 3.8) is 0 Å². The van der Waals surface area contributed by atoms with Gasteiger partial charge in [0.25, 0.3) is 5.91 Å². The van der Waals surface area contributed by atoms with Crippen molar-refractivity contribution in [1.82, 2.24) is 0 Å². The van der Waals surface area contributed by atoms with Crippen molar-refractivity contribution in [3.05, 3.63) is 58.1 Å². The largest absolute Gasteiger partial charge is 0.322 e. The molecule has 1 heterocycles. The number of amides is 2. The van der Waals surface area contributed by atoms with E-state index < -0.39 is 21.8 Å². The van der Waals surface area contributed by atoms with Gasteiger partial charge in [-0.15, -0.1) is 0 Å². The Kier molecular flexibility index (Phi) is 4.90. The van der Waals surface area contributed by atoms with Crippen molar-refractivity contribution in [2.75, 3.05) is 15.4 Å². The number of hydrogen-bond acceptors (Lipinski definition) is 4. The van der Waals surface area contributed by atoms with Gasteiger partial charge in [-0.3, -0.25) is 9.59 Å². The van der Waals surface area contributed by atoms with Crippen LogP contribution in [0.3, 0.4) is 0 Å². The standard InChI is InChI=1S/C18H17BrN2O4S/c1-11-6-7-14(9-16(11)19)20-17(22)13-4-3-5-15(8-13)21-18(23)12(2)10-26(21,24)25/h3-9,12H,10H2,1-2H3,(H,20,22). The van der Waals surface area contributed by atoms with E-state index >= 15 is 0 Å². The molecule has 6 nitrogen and oxygen atoms in total. The number of aryl methyl sites for hydroxylation is 1. The Hall–Kier alpha value is -2.19. The molecular formula is C18H17BrN2O4S. The van der Waals surface area contributed by atoms with E-state index in [9.17, 15) is 18.0 Å². The maximum Gasteiger partial charge on any atom is 0.255 e. The fourth-order valence-electron chi connectivity index (χ4n) is 2.73. The molecule has 8 heteroatoms. The predicted octanol–water partition coefficient (Wildman–Crippen LogP) is 3.32. The Morgan fingerprint density at radius 2 is 1.96 bits per heavy atom. The van der Waals surface area contributed by atoms with E-state index in [1.165, 1.54) is 12.1 Å². The van der Waals surface area contributed by atoms with Gasteiger partial charge >= 0.3 is 0 Å². The molecule has 0 radical (unpaired) electrons. The number of nitrogens with zero attached hydrogens (tertiary/aromatic N) is 1. The van der Waals surface area contributed by atoms with Gasteiger partial charge in [0, 0.05) is 15.7 Å². The van der Waals surface area contributed by atoms with E-state index in [0.717, 1.165) is 14.3 Å². The second kappa shape index (κ2) is 6.85. The van der Waals surface area contributed by atoms with E-state index in [1.807, 2.05) is 13.0 Å². The number of benzene rings is 2. The second-order valence-electron chi connectivity index (χ2n) is 6.25. The average molecular weight is 437 g/mol. The van der Waals surface area contributed by atoms with Gasteiger partial charge < -0.3 is 5.32 Å². The van der Waals surface area contributed by atoms with Crippen molar-refractivity contribution in [2.45, 2.75) is 13.8 Å². The summed E-state index contributed by atoms with van der Waals surface area (Å²) in [7, 11) is -3.70. The zero-order chi connectivity index (χ0) is 19.1. The second-order valence-corrected chi connectivity index (χ2v) is 8.97. The zero-order valence-electron chi connectivity index (χ0n) is 14.2. The zero-order valence-corrected chi connectivity index (χ0v) is 16.6. The number of rotatable bonds is 3. The minimum atomic E-state index is -3.70. The molecule has 2 aromatic rings. The predicted molar refractivity (Wildman–Crippen MR) is 104 cm³/mol. The lowest BCUT2D eigenvalue weighted by Crippen LogP contribution is -2.30. The summed E-state index contributed by atoms with van der Waals surface area (Å²) in [6.07, 6.45) is 0. The lowest BCUT2D eigenvalue weighted by molar-refractivity contribution is -0.119. The Morgan fingerprint density at radius 1 is 1.23 bits per heavy atom. The van der Waals surface area contributed by atoms with Crippen LogP contribution in [0.5, 0.6) is 0 Å². The van der Waals surface area contributed by atoms with Crippen LogP contribution in [-0.4, -0.2) is 26.0 Å². The maximum absolute atomic E-state index is 12.5. The third-order valence-corrected chi connectivity index (χ3v) is 6.86.